The molecular formula is C14H14F2O2. The molecule has 0 fully saturated rings. The summed E-state index contributed by atoms with van der Waals surface area (Å²) in [5.41, 5.74) is 0.509. The molecule has 0 N–H and O–H groups in total. The molecule has 0 aromatic heterocycles. The summed E-state index contributed by atoms with van der Waals surface area (Å²) in [4.78, 5) is 11.3. The zero-order valence-electron chi connectivity index (χ0n) is 10.5. The van der Waals surface area contributed by atoms with E-state index in [0.29, 0.717) is 5.57 Å². The van der Waals surface area contributed by atoms with Gasteiger partial charge in [0.15, 0.2) is 5.78 Å². The van der Waals surface area contributed by atoms with Crippen LogP contribution >= 0.6 is 0 Å². The van der Waals surface area contributed by atoms with Crippen molar-refractivity contribution in [3.8, 4) is 0 Å². The van der Waals surface area contributed by atoms with E-state index >= 15 is 0 Å². The average Bonchev–Trinajstić information content (AvgIpc) is 2.31. The minimum absolute atomic E-state index is 0.111. The van der Waals surface area contributed by atoms with Crippen molar-refractivity contribution in [1.29, 1.82) is 0 Å². The van der Waals surface area contributed by atoms with Crippen molar-refractivity contribution in [3.05, 3.63) is 53.1 Å². The maximum atomic E-state index is 13.6. The molecule has 1 aromatic rings. The largest absolute Gasteiger partial charge is 0.496 e. The van der Waals surface area contributed by atoms with Crippen molar-refractivity contribution in [1.82, 2.24) is 0 Å². The average molecular weight is 252 g/mol. The topological polar surface area (TPSA) is 26.3 Å². The highest BCUT2D eigenvalue weighted by atomic mass is 19.1. The molecule has 1 rings (SSSR count). The number of methoxy groups -OCH3 is 1. The Hall–Kier alpha value is -1.97. The van der Waals surface area contributed by atoms with Crippen LogP contribution in [0.25, 0.3) is 5.76 Å². The first-order valence-corrected chi connectivity index (χ1v) is 5.38. The van der Waals surface area contributed by atoms with Crippen LogP contribution in [0.4, 0.5) is 8.78 Å². The summed E-state index contributed by atoms with van der Waals surface area (Å²) in [7, 11) is 1.36. The molecule has 0 saturated heterocycles. The number of Topliss-reactive ketones (excluding diaryl/α,β-unsaturated/α-hetero) is 1. The summed E-state index contributed by atoms with van der Waals surface area (Å²) < 4.78 is 31.4. The summed E-state index contributed by atoms with van der Waals surface area (Å²) in [6.07, 6.45) is 3.03. The smallest absolute Gasteiger partial charge is 0.159 e. The Morgan fingerprint density at radius 1 is 1.33 bits per heavy atom. The zero-order valence-corrected chi connectivity index (χ0v) is 10.5. The highest BCUT2D eigenvalue weighted by molar-refractivity contribution is 5.97. The lowest BCUT2D eigenvalue weighted by Crippen LogP contribution is -1.98. The van der Waals surface area contributed by atoms with Crippen LogP contribution < -0.4 is 0 Å². The molecule has 0 bridgehead atoms. The molecule has 0 amide bonds. The molecule has 1 aromatic carbocycles. The van der Waals surface area contributed by atoms with Gasteiger partial charge < -0.3 is 4.74 Å². The van der Waals surface area contributed by atoms with Crippen LogP contribution in [0.3, 0.4) is 0 Å². The quantitative estimate of drug-likeness (QED) is 0.466. The first-order chi connectivity index (χ1) is 8.49. The first kappa shape index (κ1) is 14.1. The molecule has 2 nitrogen and oxygen atoms in total. The number of ketones is 1. The fourth-order valence-electron chi connectivity index (χ4n) is 1.47. The minimum atomic E-state index is -0.734. The molecule has 0 aliphatic rings. The summed E-state index contributed by atoms with van der Waals surface area (Å²) in [6.45, 7) is 3.10. The Labute approximate surface area is 105 Å². The van der Waals surface area contributed by atoms with E-state index in [-0.39, 0.29) is 17.1 Å². The van der Waals surface area contributed by atoms with E-state index in [1.165, 1.54) is 26.2 Å². The molecule has 0 atom stereocenters. The number of allylic oxidation sites excluding steroid dienone is 3. The number of ether oxygens (including phenoxy) is 1. The van der Waals surface area contributed by atoms with Gasteiger partial charge in [-0.25, -0.2) is 8.78 Å². The van der Waals surface area contributed by atoms with Crippen LogP contribution in [0.1, 0.15) is 19.4 Å². The van der Waals surface area contributed by atoms with Gasteiger partial charge in [-0.05, 0) is 32.1 Å². The van der Waals surface area contributed by atoms with Crippen LogP contribution in [0.2, 0.25) is 0 Å². The second kappa shape index (κ2) is 6.10. The lowest BCUT2D eigenvalue weighted by atomic mass is 10.1. The summed E-state index contributed by atoms with van der Waals surface area (Å²) in [5.74, 6) is -1.38. The number of benzene rings is 1. The number of rotatable bonds is 4. The summed E-state index contributed by atoms with van der Waals surface area (Å²) in [6, 6.07) is 3.17. The number of hydrogen-bond acceptors (Lipinski definition) is 2. The second-order valence-electron chi connectivity index (χ2n) is 3.64. The molecule has 4 heteroatoms. The predicted octanol–water partition coefficient (Wildman–Crippen LogP) is 3.49. The molecule has 0 aliphatic heterocycles. The Morgan fingerprint density at radius 2 is 2.00 bits per heavy atom. The van der Waals surface area contributed by atoms with Gasteiger partial charge >= 0.3 is 0 Å². The molecule has 0 radical (unpaired) electrons. The fourth-order valence-corrected chi connectivity index (χ4v) is 1.47. The lowest BCUT2D eigenvalue weighted by molar-refractivity contribution is -0.113. The number of carbonyl (C=O) groups excluding carboxylic acids is 1. The van der Waals surface area contributed by atoms with Gasteiger partial charge in [0, 0.05) is 11.6 Å². The highest BCUT2D eigenvalue weighted by Crippen LogP contribution is 2.21. The molecule has 0 unspecified atom stereocenters. The van der Waals surface area contributed by atoms with Crippen molar-refractivity contribution in [2.24, 2.45) is 0 Å². The van der Waals surface area contributed by atoms with Crippen molar-refractivity contribution in [2.75, 3.05) is 7.11 Å². The van der Waals surface area contributed by atoms with Crippen molar-refractivity contribution in [2.45, 2.75) is 13.8 Å². The third-order valence-electron chi connectivity index (χ3n) is 2.42. The van der Waals surface area contributed by atoms with Gasteiger partial charge in [-0.3, -0.25) is 4.79 Å². The van der Waals surface area contributed by atoms with Crippen molar-refractivity contribution >= 4 is 11.5 Å². The Kier molecular flexibility index (Phi) is 4.77. The highest BCUT2D eigenvalue weighted by Gasteiger charge is 2.11. The molecule has 0 heterocycles. The van der Waals surface area contributed by atoms with E-state index in [9.17, 15) is 13.6 Å². The third-order valence-corrected chi connectivity index (χ3v) is 2.42. The monoisotopic (exact) mass is 252 g/mol. The molecule has 0 spiro atoms. The van der Waals surface area contributed by atoms with E-state index in [2.05, 4.69) is 0 Å². The van der Waals surface area contributed by atoms with Gasteiger partial charge in [0.25, 0.3) is 0 Å². The normalized spacial score (nSPS) is 12.5. The van der Waals surface area contributed by atoms with Crippen LogP contribution in [0, 0.1) is 11.6 Å². The zero-order chi connectivity index (χ0) is 13.7. The van der Waals surface area contributed by atoms with E-state index in [4.69, 9.17) is 4.74 Å². The maximum absolute atomic E-state index is 13.6. The first-order valence-electron chi connectivity index (χ1n) is 5.38. The van der Waals surface area contributed by atoms with Crippen LogP contribution in [0.5, 0.6) is 0 Å². The van der Waals surface area contributed by atoms with Crippen LogP contribution in [0.15, 0.2) is 35.9 Å². The Balaban J connectivity index is 3.25. The van der Waals surface area contributed by atoms with Gasteiger partial charge in [-0.15, -0.1) is 0 Å². The number of halogens is 2. The predicted molar refractivity (Wildman–Crippen MR) is 65.8 cm³/mol. The summed E-state index contributed by atoms with van der Waals surface area (Å²) >= 11 is 0. The van der Waals surface area contributed by atoms with E-state index in [1.807, 2.05) is 0 Å². The Bertz CT molecular complexity index is 517. The van der Waals surface area contributed by atoms with Gasteiger partial charge in [0.1, 0.15) is 17.4 Å². The van der Waals surface area contributed by atoms with Crippen LogP contribution in [-0.4, -0.2) is 12.9 Å². The van der Waals surface area contributed by atoms with Gasteiger partial charge in [0.05, 0.1) is 12.7 Å². The second-order valence-corrected chi connectivity index (χ2v) is 3.64. The van der Waals surface area contributed by atoms with Gasteiger partial charge in [-0.2, -0.15) is 0 Å². The fraction of sp³-hybridized carbons (Fsp3) is 0.214. The standard InChI is InChI=1S/C14H14F2O2/c1-4-10(9(2)17)7-14(18-3)12-6-5-11(15)8-13(12)16/h4-8H,1-3H3/b10-4?,14-7-. The number of hydrogen-bond donors (Lipinski definition) is 0. The molecule has 96 valence electrons. The van der Waals surface area contributed by atoms with E-state index < -0.39 is 11.6 Å². The van der Waals surface area contributed by atoms with E-state index in [1.54, 1.807) is 13.0 Å². The van der Waals surface area contributed by atoms with Gasteiger partial charge in [-0.1, -0.05) is 6.08 Å². The molecule has 0 aliphatic carbocycles. The van der Waals surface area contributed by atoms with Crippen LogP contribution in [-0.2, 0) is 9.53 Å². The molecule has 18 heavy (non-hydrogen) atoms. The number of carbonyl (C=O) groups is 1. The van der Waals surface area contributed by atoms with Crippen molar-refractivity contribution in [3.63, 3.8) is 0 Å². The SMILES string of the molecule is CC=C(/C=C(\OC)c1ccc(F)cc1F)C(C)=O. The lowest BCUT2D eigenvalue weighted by Gasteiger charge is -2.08. The molecular weight excluding hydrogens is 238 g/mol. The Morgan fingerprint density at radius 3 is 2.44 bits per heavy atom. The van der Waals surface area contributed by atoms with Crippen molar-refractivity contribution < 1.29 is 18.3 Å². The van der Waals surface area contributed by atoms with E-state index in [0.717, 1.165) is 12.1 Å². The summed E-state index contributed by atoms with van der Waals surface area (Å²) in [5, 5.41) is 0. The minimum Gasteiger partial charge on any atom is -0.496 e. The van der Waals surface area contributed by atoms with Gasteiger partial charge in [0.2, 0.25) is 0 Å². The maximum Gasteiger partial charge on any atom is 0.159 e. The molecule has 0 saturated carbocycles. The third kappa shape index (κ3) is 3.26.